The summed E-state index contributed by atoms with van der Waals surface area (Å²) in [6, 6.07) is 7.69. The molecule has 2 aromatic carbocycles. The Bertz CT molecular complexity index is 952. The van der Waals surface area contributed by atoms with Gasteiger partial charge >= 0.3 is 0 Å². The van der Waals surface area contributed by atoms with Crippen LogP contribution in [0, 0.1) is 18.6 Å². The average molecular weight is 428 g/mol. The fourth-order valence-corrected chi connectivity index (χ4v) is 3.32. The Labute approximate surface area is 156 Å². The number of nitrogens with two attached hydrogens (primary N) is 1. The van der Waals surface area contributed by atoms with Crippen molar-refractivity contribution in [2.45, 2.75) is 6.92 Å². The van der Waals surface area contributed by atoms with Gasteiger partial charge in [0.05, 0.1) is 22.1 Å². The number of aromatic nitrogens is 2. The number of benzene rings is 2. The number of aryl methyl sites for hydroxylation is 2. The molecule has 0 atom stereocenters. The summed E-state index contributed by atoms with van der Waals surface area (Å²) in [4.78, 5) is 0. The molecule has 0 bridgehead atoms. The summed E-state index contributed by atoms with van der Waals surface area (Å²) in [6.07, 6.45) is 0. The molecule has 0 unspecified atom stereocenters. The first-order valence-electron chi connectivity index (χ1n) is 7.29. The van der Waals surface area contributed by atoms with E-state index in [2.05, 4.69) is 26.3 Å². The third kappa shape index (κ3) is 3.09. The molecule has 0 radical (unpaired) electrons. The number of nitrogen functional groups attached to an aromatic ring is 1. The van der Waals surface area contributed by atoms with Crippen LogP contribution in [0.2, 0.25) is 5.02 Å². The van der Waals surface area contributed by atoms with Crippen molar-refractivity contribution in [1.29, 1.82) is 0 Å². The summed E-state index contributed by atoms with van der Waals surface area (Å²) >= 11 is 9.47. The second-order valence-corrected chi connectivity index (χ2v) is 6.72. The van der Waals surface area contributed by atoms with Gasteiger partial charge in [-0.2, -0.15) is 5.10 Å². The summed E-state index contributed by atoms with van der Waals surface area (Å²) in [5, 5.41) is 7.26. The van der Waals surface area contributed by atoms with Crippen molar-refractivity contribution in [3.63, 3.8) is 0 Å². The second kappa shape index (κ2) is 6.65. The molecule has 0 saturated heterocycles. The highest BCUT2D eigenvalue weighted by atomic mass is 79.9. The van der Waals surface area contributed by atoms with Gasteiger partial charge in [-0.15, -0.1) is 0 Å². The standard InChI is InChI=1S/C17H14BrClF2N4/c1-8-13(9-6-7-12(22)15(21)14(9)19)17(25(2)24-8)23-16-10(18)4-3-5-11(16)20/h3-7,23H,22H2,1-2H3. The van der Waals surface area contributed by atoms with E-state index < -0.39 is 11.6 Å². The zero-order valence-corrected chi connectivity index (χ0v) is 15.7. The quantitative estimate of drug-likeness (QED) is 0.549. The van der Waals surface area contributed by atoms with Crippen LogP contribution in [-0.4, -0.2) is 9.78 Å². The van der Waals surface area contributed by atoms with Crippen LogP contribution in [0.1, 0.15) is 5.69 Å². The van der Waals surface area contributed by atoms with Crippen molar-refractivity contribution < 1.29 is 8.78 Å². The SMILES string of the molecule is Cc1nn(C)c(Nc2c(F)cccc2Br)c1-c1ccc(N)c(F)c1Cl. The number of anilines is 3. The fourth-order valence-electron chi connectivity index (χ4n) is 2.62. The number of nitrogens with one attached hydrogen (secondary N) is 1. The molecule has 0 spiro atoms. The fraction of sp³-hybridized carbons (Fsp3) is 0.118. The van der Waals surface area contributed by atoms with Crippen molar-refractivity contribution in [2.75, 3.05) is 11.1 Å². The van der Waals surface area contributed by atoms with Crippen molar-refractivity contribution in [1.82, 2.24) is 9.78 Å². The molecule has 0 fully saturated rings. The van der Waals surface area contributed by atoms with Crippen LogP contribution in [0.5, 0.6) is 0 Å². The predicted octanol–water partition coefficient (Wildman–Crippen LogP) is 5.42. The molecule has 25 heavy (non-hydrogen) atoms. The first-order valence-corrected chi connectivity index (χ1v) is 8.46. The lowest BCUT2D eigenvalue weighted by atomic mass is 10.0. The van der Waals surface area contributed by atoms with Crippen LogP contribution < -0.4 is 11.1 Å². The largest absolute Gasteiger partial charge is 0.396 e. The van der Waals surface area contributed by atoms with E-state index in [-0.39, 0.29) is 16.4 Å². The number of nitrogens with zero attached hydrogens (tertiary/aromatic N) is 2. The highest BCUT2D eigenvalue weighted by Crippen LogP contribution is 2.40. The topological polar surface area (TPSA) is 55.9 Å². The van der Waals surface area contributed by atoms with E-state index in [1.54, 1.807) is 36.9 Å². The first kappa shape index (κ1) is 17.7. The molecule has 8 heteroatoms. The van der Waals surface area contributed by atoms with Gasteiger partial charge in [0.15, 0.2) is 5.82 Å². The molecule has 0 amide bonds. The molecule has 0 aliphatic rings. The first-order chi connectivity index (χ1) is 11.8. The van der Waals surface area contributed by atoms with Crippen molar-refractivity contribution in [3.05, 3.63) is 57.2 Å². The maximum atomic E-state index is 14.2. The number of rotatable bonds is 3. The molecule has 0 aliphatic heterocycles. The Morgan fingerprint density at radius 1 is 1.24 bits per heavy atom. The Hall–Kier alpha value is -2.12. The molecule has 1 aromatic heterocycles. The normalized spacial score (nSPS) is 11.0. The minimum Gasteiger partial charge on any atom is -0.396 e. The highest BCUT2D eigenvalue weighted by molar-refractivity contribution is 9.10. The van der Waals surface area contributed by atoms with E-state index in [0.29, 0.717) is 27.1 Å². The lowest BCUT2D eigenvalue weighted by Crippen LogP contribution is -2.03. The van der Waals surface area contributed by atoms with Crippen molar-refractivity contribution >= 4 is 44.7 Å². The monoisotopic (exact) mass is 426 g/mol. The summed E-state index contributed by atoms with van der Waals surface area (Å²) in [5.41, 5.74) is 7.38. The van der Waals surface area contributed by atoms with E-state index in [1.807, 2.05) is 0 Å². The van der Waals surface area contributed by atoms with Gasteiger partial charge in [0.1, 0.15) is 11.6 Å². The van der Waals surface area contributed by atoms with E-state index in [9.17, 15) is 8.78 Å². The van der Waals surface area contributed by atoms with Crippen LogP contribution in [0.15, 0.2) is 34.8 Å². The summed E-state index contributed by atoms with van der Waals surface area (Å²) in [5.74, 6) is -0.649. The van der Waals surface area contributed by atoms with Crippen LogP contribution in [0.4, 0.5) is 26.0 Å². The van der Waals surface area contributed by atoms with E-state index in [4.69, 9.17) is 17.3 Å². The maximum Gasteiger partial charge on any atom is 0.165 e. The van der Waals surface area contributed by atoms with Gasteiger partial charge in [-0.1, -0.05) is 23.7 Å². The minimum atomic E-state index is -0.694. The molecule has 0 aliphatic carbocycles. The van der Waals surface area contributed by atoms with Gasteiger partial charge < -0.3 is 11.1 Å². The Morgan fingerprint density at radius 2 is 1.96 bits per heavy atom. The average Bonchev–Trinajstić information content (AvgIpc) is 2.83. The highest BCUT2D eigenvalue weighted by Gasteiger charge is 2.21. The lowest BCUT2D eigenvalue weighted by molar-refractivity contribution is 0.630. The number of para-hydroxylation sites is 1. The van der Waals surface area contributed by atoms with Gasteiger partial charge in [-0.25, -0.2) is 8.78 Å². The zero-order valence-electron chi connectivity index (χ0n) is 13.4. The van der Waals surface area contributed by atoms with Crippen molar-refractivity contribution in [2.24, 2.45) is 7.05 Å². The Kier molecular flexibility index (Phi) is 4.71. The van der Waals surface area contributed by atoms with Gasteiger partial charge in [-0.3, -0.25) is 4.68 Å². The molecule has 3 rings (SSSR count). The Morgan fingerprint density at radius 3 is 2.64 bits per heavy atom. The molecule has 4 nitrogen and oxygen atoms in total. The third-order valence-corrected chi connectivity index (χ3v) is 4.84. The number of hydrogen-bond donors (Lipinski definition) is 2. The van der Waals surface area contributed by atoms with Gasteiger partial charge in [0.2, 0.25) is 0 Å². The summed E-state index contributed by atoms with van der Waals surface area (Å²) in [6.45, 7) is 1.77. The third-order valence-electron chi connectivity index (χ3n) is 3.81. The molecule has 3 aromatic rings. The summed E-state index contributed by atoms with van der Waals surface area (Å²) in [7, 11) is 1.70. The van der Waals surface area contributed by atoms with Crippen LogP contribution >= 0.6 is 27.5 Å². The molecule has 1 heterocycles. The predicted molar refractivity (Wildman–Crippen MR) is 100 cm³/mol. The number of hydrogen-bond acceptors (Lipinski definition) is 3. The molecule has 130 valence electrons. The Balaban J connectivity index is 2.19. The van der Waals surface area contributed by atoms with E-state index in [0.717, 1.165) is 0 Å². The van der Waals surface area contributed by atoms with Gasteiger partial charge in [0.25, 0.3) is 0 Å². The minimum absolute atomic E-state index is 0.0401. The zero-order chi connectivity index (χ0) is 18.3. The summed E-state index contributed by atoms with van der Waals surface area (Å²) < 4.78 is 30.4. The van der Waals surface area contributed by atoms with Crippen LogP contribution in [0.25, 0.3) is 11.1 Å². The molecule has 0 saturated carbocycles. The van der Waals surface area contributed by atoms with Crippen LogP contribution in [0.3, 0.4) is 0 Å². The van der Waals surface area contributed by atoms with Crippen molar-refractivity contribution in [3.8, 4) is 11.1 Å². The second-order valence-electron chi connectivity index (χ2n) is 5.48. The molecule has 3 N–H and O–H groups in total. The van der Waals surface area contributed by atoms with Crippen LogP contribution in [-0.2, 0) is 7.05 Å². The van der Waals surface area contributed by atoms with Gasteiger partial charge in [0, 0.05) is 22.6 Å². The molecular weight excluding hydrogens is 414 g/mol. The smallest absolute Gasteiger partial charge is 0.165 e. The molecular formula is C17H14BrClF2N4. The number of halogens is 4. The maximum absolute atomic E-state index is 14.2. The lowest BCUT2D eigenvalue weighted by Gasteiger charge is -2.14. The van der Waals surface area contributed by atoms with Gasteiger partial charge in [-0.05, 0) is 41.1 Å². The van der Waals surface area contributed by atoms with E-state index >= 15 is 0 Å². The van der Waals surface area contributed by atoms with E-state index in [1.165, 1.54) is 12.1 Å².